The Morgan fingerprint density at radius 1 is 0.800 bits per heavy atom. The molecule has 150 valence electrons. The lowest BCUT2D eigenvalue weighted by atomic mass is 10.1. The maximum Gasteiger partial charge on any atom is 0.269 e. The lowest BCUT2D eigenvalue weighted by molar-refractivity contribution is 0.0820. The Morgan fingerprint density at radius 2 is 1.43 bits per heavy atom. The highest BCUT2D eigenvalue weighted by atomic mass is 32.2. The quantitative estimate of drug-likeness (QED) is 0.640. The number of anilines is 1. The van der Waals surface area contributed by atoms with Crippen molar-refractivity contribution in [3.63, 3.8) is 0 Å². The van der Waals surface area contributed by atoms with Crippen LogP contribution in [0, 0.1) is 0 Å². The molecular weight excluding hydrogens is 404 g/mol. The molecule has 3 aromatic rings. The van der Waals surface area contributed by atoms with Crippen LogP contribution in [0.2, 0.25) is 0 Å². The Balaban J connectivity index is 1.47. The molecule has 0 radical (unpaired) electrons. The third kappa shape index (κ3) is 3.48. The molecule has 1 heterocycles. The van der Waals surface area contributed by atoms with Crippen LogP contribution in [0.1, 0.15) is 31.1 Å². The van der Waals surface area contributed by atoms with Crippen molar-refractivity contribution in [3.05, 3.63) is 95.6 Å². The van der Waals surface area contributed by atoms with E-state index in [-0.39, 0.29) is 21.9 Å². The van der Waals surface area contributed by atoms with E-state index in [1.165, 1.54) is 30.3 Å². The number of carbonyl (C=O) groups excluding carboxylic acids is 3. The van der Waals surface area contributed by atoms with Crippen molar-refractivity contribution in [2.75, 3.05) is 11.9 Å². The molecule has 0 saturated heterocycles. The minimum atomic E-state index is -4.05. The molecule has 0 unspecified atom stereocenters. The third-order valence-corrected chi connectivity index (χ3v) is 6.49. The number of sulfonamides is 1. The van der Waals surface area contributed by atoms with Gasteiger partial charge in [-0.2, -0.15) is 0 Å². The molecule has 0 aliphatic carbocycles. The summed E-state index contributed by atoms with van der Waals surface area (Å²) < 4.78 is 25.7. The lowest BCUT2D eigenvalue weighted by Crippen LogP contribution is -2.35. The second-order valence-corrected chi connectivity index (χ2v) is 8.46. The zero-order chi connectivity index (χ0) is 21.3. The van der Waals surface area contributed by atoms with Gasteiger partial charge in [-0.1, -0.05) is 30.3 Å². The first-order chi connectivity index (χ1) is 14.4. The van der Waals surface area contributed by atoms with Crippen LogP contribution in [0.4, 0.5) is 5.69 Å². The van der Waals surface area contributed by atoms with Gasteiger partial charge in [0.1, 0.15) is 11.4 Å². The standard InChI is InChI=1S/C22H16N2O5S/c25-19(14-24-22(27)18-8-4-5-9-20(18)30(24,28)29)15-10-12-17(13-11-15)23-21(26)16-6-2-1-3-7-16/h1-13H,14H2,(H,23,26). The number of amides is 2. The van der Waals surface area contributed by atoms with Crippen molar-refractivity contribution in [2.24, 2.45) is 0 Å². The summed E-state index contributed by atoms with van der Waals surface area (Å²) in [6.45, 7) is -0.592. The third-order valence-electron chi connectivity index (χ3n) is 4.70. The van der Waals surface area contributed by atoms with Gasteiger partial charge in [0.2, 0.25) is 0 Å². The lowest BCUT2D eigenvalue weighted by Gasteiger charge is -2.14. The molecule has 0 bridgehead atoms. The number of Topliss-reactive ketones (excluding diaryl/α,β-unsaturated/α-hetero) is 1. The van der Waals surface area contributed by atoms with E-state index >= 15 is 0 Å². The fraction of sp³-hybridized carbons (Fsp3) is 0.0455. The van der Waals surface area contributed by atoms with Crippen LogP contribution >= 0.6 is 0 Å². The number of ketones is 1. The van der Waals surface area contributed by atoms with Crippen LogP contribution < -0.4 is 5.32 Å². The summed E-state index contributed by atoms with van der Waals surface area (Å²) in [7, 11) is -4.05. The molecule has 1 N–H and O–H groups in total. The topological polar surface area (TPSA) is 101 Å². The monoisotopic (exact) mass is 420 g/mol. The van der Waals surface area contributed by atoms with E-state index in [4.69, 9.17) is 0 Å². The van der Waals surface area contributed by atoms with E-state index in [1.807, 2.05) is 0 Å². The molecule has 4 rings (SSSR count). The Labute approximate surface area is 173 Å². The van der Waals surface area contributed by atoms with Crippen LogP contribution in [0.25, 0.3) is 0 Å². The molecule has 0 aromatic heterocycles. The van der Waals surface area contributed by atoms with E-state index in [1.54, 1.807) is 48.5 Å². The predicted octanol–water partition coefficient (Wildman–Crippen LogP) is 2.97. The maximum atomic E-state index is 12.6. The summed E-state index contributed by atoms with van der Waals surface area (Å²) in [5, 5.41) is 2.72. The number of hydrogen-bond donors (Lipinski definition) is 1. The smallest absolute Gasteiger partial charge is 0.269 e. The van der Waals surface area contributed by atoms with Crippen molar-refractivity contribution in [1.29, 1.82) is 0 Å². The van der Waals surface area contributed by atoms with E-state index in [0.29, 0.717) is 15.6 Å². The Hall–Kier alpha value is -3.78. The molecule has 0 saturated carbocycles. The Kier molecular flexibility index (Phi) is 4.93. The van der Waals surface area contributed by atoms with E-state index < -0.39 is 28.3 Å². The molecule has 8 heteroatoms. The summed E-state index contributed by atoms with van der Waals surface area (Å²) in [5.74, 6) is -1.53. The van der Waals surface area contributed by atoms with Crippen molar-refractivity contribution >= 4 is 33.3 Å². The first-order valence-corrected chi connectivity index (χ1v) is 10.5. The molecule has 1 aliphatic rings. The number of nitrogens with zero attached hydrogens (tertiary/aromatic N) is 1. The van der Waals surface area contributed by atoms with Crippen LogP contribution in [-0.4, -0.2) is 36.9 Å². The zero-order valence-electron chi connectivity index (χ0n) is 15.6. The van der Waals surface area contributed by atoms with Crippen molar-refractivity contribution in [1.82, 2.24) is 4.31 Å². The summed E-state index contributed by atoms with van der Waals surface area (Å²) in [4.78, 5) is 37.1. The highest BCUT2D eigenvalue weighted by Crippen LogP contribution is 2.30. The molecule has 2 amide bonds. The van der Waals surface area contributed by atoms with Gasteiger partial charge >= 0.3 is 0 Å². The van der Waals surface area contributed by atoms with Gasteiger partial charge in [-0.15, -0.1) is 0 Å². The average molecular weight is 420 g/mol. The fourth-order valence-corrected chi connectivity index (χ4v) is 4.67. The number of hydrogen-bond acceptors (Lipinski definition) is 5. The van der Waals surface area contributed by atoms with Gasteiger partial charge in [0.15, 0.2) is 5.78 Å². The molecule has 0 atom stereocenters. The number of benzene rings is 3. The largest absolute Gasteiger partial charge is 0.322 e. The summed E-state index contributed by atoms with van der Waals surface area (Å²) >= 11 is 0. The SMILES string of the molecule is O=C(CN1C(=O)c2ccccc2S1(=O)=O)c1ccc(NC(=O)c2ccccc2)cc1. The molecule has 0 fully saturated rings. The Bertz CT molecular complexity index is 1250. The highest BCUT2D eigenvalue weighted by molar-refractivity contribution is 7.90. The van der Waals surface area contributed by atoms with Crippen LogP contribution in [-0.2, 0) is 10.0 Å². The predicted molar refractivity (Wildman–Crippen MR) is 110 cm³/mol. The van der Waals surface area contributed by atoms with Crippen molar-refractivity contribution in [2.45, 2.75) is 4.90 Å². The minimum absolute atomic E-state index is 0.0595. The minimum Gasteiger partial charge on any atom is -0.322 e. The molecular formula is C22H16N2O5S. The number of rotatable bonds is 5. The summed E-state index contributed by atoms with van der Waals surface area (Å²) in [5.41, 5.74) is 1.27. The van der Waals surface area contributed by atoms with Gasteiger partial charge in [-0.05, 0) is 48.5 Å². The Morgan fingerprint density at radius 3 is 2.10 bits per heavy atom. The van der Waals surface area contributed by atoms with Gasteiger partial charge < -0.3 is 5.32 Å². The summed E-state index contributed by atoms with van der Waals surface area (Å²) in [6.07, 6.45) is 0. The van der Waals surface area contributed by atoms with Gasteiger partial charge in [0.25, 0.3) is 21.8 Å². The van der Waals surface area contributed by atoms with E-state index in [2.05, 4.69) is 5.32 Å². The first kappa shape index (κ1) is 19.5. The molecule has 30 heavy (non-hydrogen) atoms. The van der Waals surface area contributed by atoms with E-state index in [9.17, 15) is 22.8 Å². The van der Waals surface area contributed by atoms with Crippen molar-refractivity contribution < 1.29 is 22.8 Å². The maximum absolute atomic E-state index is 12.6. The average Bonchev–Trinajstić information content (AvgIpc) is 2.95. The van der Waals surface area contributed by atoms with Gasteiger partial charge in [-0.3, -0.25) is 14.4 Å². The molecule has 0 spiro atoms. The normalized spacial score (nSPS) is 14.3. The molecule has 1 aliphatic heterocycles. The van der Waals surface area contributed by atoms with Crippen LogP contribution in [0.15, 0.2) is 83.8 Å². The van der Waals surface area contributed by atoms with E-state index in [0.717, 1.165) is 0 Å². The number of nitrogens with one attached hydrogen (secondary N) is 1. The van der Waals surface area contributed by atoms with Gasteiger partial charge in [0, 0.05) is 16.8 Å². The number of carbonyl (C=O) groups is 3. The fourth-order valence-electron chi connectivity index (χ4n) is 3.14. The molecule has 7 nitrogen and oxygen atoms in total. The number of fused-ring (bicyclic) bond motifs is 1. The molecule has 3 aromatic carbocycles. The zero-order valence-corrected chi connectivity index (χ0v) is 16.4. The highest BCUT2D eigenvalue weighted by Gasteiger charge is 2.41. The van der Waals surface area contributed by atoms with Gasteiger partial charge in [-0.25, -0.2) is 12.7 Å². The van der Waals surface area contributed by atoms with Crippen molar-refractivity contribution in [3.8, 4) is 0 Å². The summed E-state index contributed by atoms with van der Waals surface area (Å²) in [6, 6.07) is 20.6. The second-order valence-electron chi connectivity index (χ2n) is 6.63. The van der Waals surface area contributed by atoms with Crippen LogP contribution in [0.5, 0.6) is 0 Å². The van der Waals surface area contributed by atoms with Gasteiger partial charge in [0.05, 0.1) is 5.56 Å². The second kappa shape index (κ2) is 7.57. The first-order valence-electron chi connectivity index (χ1n) is 9.04. The van der Waals surface area contributed by atoms with Crippen LogP contribution in [0.3, 0.4) is 0 Å².